The average molecular weight is 949 g/mol. The van der Waals surface area contributed by atoms with Gasteiger partial charge in [-0.15, -0.1) is 0 Å². The van der Waals surface area contributed by atoms with Gasteiger partial charge in [0.25, 0.3) is 0 Å². The fraction of sp³-hybridized carbons (Fsp3) is 0.0571. The molecular formula is C70H48N2O2. The van der Waals surface area contributed by atoms with Crippen LogP contribution in [0.3, 0.4) is 0 Å². The molecule has 2 aromatic heterocycles. The van der Waals surface area contributed by atoms with E-state index in [9.17, 15) is 0 Å². The van der Waals surface area contributed by atoms with Crippen molar-refractivity contribution in [3.63, 3.8) is 0 Å². The summed E-state index contributed by atoms with van der Waals surface area (Å²) in [6.45, 7) is 4.75. The van der Waals surface area contributed by atoms with Gasteiger partial charge in [-0.05, 0) is 111 Å². The molecular weight excluding hydrogens is 901 g/mol. The zero-order valence-electron chi connectivity index (χ0n) is 41.0. The number of furan rings is 2. The van der Waals surface area contributed by atoms with Crippen molar-refractivity contribution in [3.8, 4) is 22.3 Å². The second kappa shape index (κ2) is 16.1. The Kier molecular flexibility index (Phi) is 9.19. The highest BCUT2D eigenvalue weighted by Crippen LogP contribution is 2.61. The molecule has 2 aliphatic carbocycles. The van der Waals surface area contributed by atoms with Crippen LogP contribution in [0.2, 0.25) is 0 Å². The van der Waals surface area contributed by atoms with Crippen molar-refractivity contribution in [2.24, 2.45) is 0 Å². The summed E-state index contributed by atoms with van der Waals surface area (Å²) >= 11 is 0. The third kappa shape index (κ3) is 5.91. The minimum Gasteiger partial charge on any atom is -0.456 e. The van der Waals surface area contributed by atoms with Gasteiger partial charge < -0.3 is 18.6 Å². The van der Waals surface area contributed by atoms with Crippen molar-refractivity contribution in [3.05, 3.63) is 288 Å². The summed E-state index contributed by atoms with van der Waals surface area (Å²) in [5.74, 6) is 0. The Bertz CT molecular complexity index is 4330. The smallest absolute Gasteiger partial charge is 0.159 e. The van der Waals surface area contributed by atoms with Crippen LogP contribution in [0, 0.1) is 0 Å². The Morgan fingerprint density at radius 1 is 0.324 bits per heavy atom. The van der Waals surface area contributed by atoms with Crippen molar-refractivity contribution in [1.29, 1.82) is 0 Å². The van der Waals surface area contributed by atoms with Crippen LogP contribution < -0.4 is 9.80 Å². The van der Waals surface area contributed by atoms with Crippen LogP contribution in [0.4, 0.5) is 34.1 Å². The van der Waals surface area contributed by atoms with Crippen molar-refractivity contribution in [2.75, 3.05) is 9.80 Å². The number of benzene rings is 11. The van der Waals surface area contributed by atoms with Crippen molar-refractivity contribution in [1.82, 2.24) is 0 Å². The van der Waals surface area contributed by atoms with Gasteiger partial charge in [-0.3, -0.25) is 0 Å². The summed E-state index contributed by atoms with van der Waals surface area (Å²) in [6, 6.07) is 92.8. The quantitative estimate of drug-likeness (QED) is 0.152. The molecule has 0 radical (unpaired) electrons. The maximum Gasteiger partial charge on any atom is 0.159 e. The molecule has 0 amide bonds. The lowest BCUT2D eigenvalue weighted by atomic mass is 9.67. The number of hydrogen-bond acceptors (Lipinski definition) is 4. The Hall–Kier alpha value is -9.38. The third-order valence-electron chi connectivity index (χ3n) is 16.1. The molecule has 0 N–H and O–H groups in total. The van der Waals surface area contributed by atoms with E-state index in [0.29, 0.717) is 0 Å². The summed E-state index contributed by atoms with van der Waals surface area (Å²) < 4.78 is 13.7. The Balaban J connectivity index is 1.05. The minimum absolute atomic E-state index is 0.300. The van der Waals surface area contributed by atoms with Crippen LogP contribution in [0.15, 0.2) is 264 Å². The van der Waals surface area contributed by atoms with Crippen LogP contribution in [-0.4, -0.2) is 0 Å². The Labute approximate surface area is 429 Å². The van der Waals surface area contributed by atoms with E-state index >= 15 is 0 Å². The summed E-state index contributed by atoms with van der Waals surface area (Å²) in [7, 11) is 0. The second-order valence-corrected chi connectivity index (χ2v) is 20.3. The summed E-state index contributed by atoms with van der Waals surface area (Å²) in [4.78, 5) is 4.96. The zero-order chi connectivity index (χ0) is 49.1. The largest absolute Gasteiger partial charge is 0.456 e. The first-order valence-corrected chi connectivity index (χ1v) is 25.6. The first kappa shape index (κ1) is 42.3. The molecule has 2 heterocycles. The highest BCUT2D eigenvalue weighted by atomic mass is 16.3. The predicted molar refractivity (Wildman–Crippen MR) is 305 cm³/mol. The fourth-order valence-electron chi connectivity index (χ4n) is 13.1. The molecule has 11 aromatic carbocycles. The van der Waals surface area contributed by atoms with E-state index in [4.69, 9.17) is 8.83 Å². The monoisotopic (exact) mass is 948 g/mol. The predicted octanol–water partition coefficient (Wildman–Crippen LogP) is 19.1. The molecule has 350 valence electrons. The molecule has 0 bridgehead atoms. The SMILES string of the molecule is CC1(C)c2ccccc2-c2cccc(N(c3cccc(N(c4cccc5c4C(c4ccccc4)(c4ccccc4)c4ccccc4-5)c4cccc5c4oc4ccccc45)c3)c3cccc4oc5ccccc5c34)c21. The average Bonchev–Trinajstić information content (AvgIpc) is 4.19. The fourth-order valence-corrected chi connectivity index (χ4v) is 13.1. The standard InChI is InChI=1S/C70H48N2O2/c1-69(2)56-35-13-9-28-49(56)52-32-18-38-59(66(52)69)71(58-37-21-43-64-65(58)55-31-12-16-42-63(55)73-64)47-26-17-27-48(44-47)72(61-40-20-34-54-51-30-11-15-41-62(51)74-68(54)61)60-39-19-33-53-50-29-10-14-36-57(50)70(67(53)60,45-22-5-3-6-23-45)46-24-7-4-8-25-46/h3-44H,1-2H3. The lowest BCUT2D eigenvalue weighted by Gasteiger charge is -2.38. The lowest BCUT2D eigenvalue weighted by molar-refractivity contribution is 0.661. The first-order chi connectivity index (χ1) is 36.5. The topological polar surface area (TPSA) is 32.8 Å². The molecule has 0 aliphatic heterocycles. The van der Waals surface area contributed by atoms with Gasteiger partial charge in [-0.1, -0.05) is 208 Å². The number of rotatable bonds is 8. The van der Waals surface area contributed by atoms with Crippen LogP contribution >= 0.6 is 0 Å². The highest BCUT2D eigenvalue weighted by molar-refractivity contribution is 6.14. The van der Waals surface area contributed by atoms with Gasteiger partial charge in [0.15, 0.2) is 5.58 Å². The molecule has 0 saturated carbocycles. The van der Waals surface area contributed by atoms with E-state index in [-0.39, 0.29) is 5.41 Å². The van der Waals surface area contributed by atoms with Gasteiger partial charge in [0.05, 0.1) is 33.6 Å². The molecule has 0 saturated heterocycles. The van der Waals surface area contributed by atoms with E-state index in [2.05, 4.69) is 278 Å². The van der Waals surface area contributed by atoms with Crippen LogP contribution in [0.5, 0.6) is 0 Å². The van der Waals surface area contributed by atoms with Gasteiger partial charge in [0.1, 0.15) is 16.7 Å². The molecule has 0 fully saturated rings. The molecule has 0 spiro atoms. The summed E-state index contributed by atoms with van der Waals surface area (Å²) in [6.07, 6.45) is 0. The highest BCUT2D eigenvalue weighted by Gasteiger charge is 2.49. The van der Waals surface area contributed by atoms with E-state index in [1.54, 1.807) is 0 Å². The molecule has 15 rings (SSSR count). The van der Waals surface area contributed by atoms with E-state index in [1.807, 2.05) is 0 Å². The van der Waals surface area contributed by atoms with E-state index < -0.39 is 5.41 Å². The molecule has 4 nitrogen and oxygen atoms in total. The van der Waals surface area contributed by atoms with Gasteiger partial charge in [0.2, 0.25) is 0 Å². The van der Waals surface area contributed by atoms with Crippen LogP contribution in [0.25, 0.3) is 66.1 Å². The lowest BCUT2D eigenvalue weighted by Crippen LogP contribution is -2.30. The van der Waals surface area contributed by atoms with Gasteiger partial charge in [-0.25, -0.2) is 0 Å². The number of anilines is 6. The Morgan fingerprint density at radius 2 is 0.784 bits per heavy atom. The first-order valence-electron chi connectivity index (χ1n) is 25.6. The molecule has 74 heavy (non-hydrogen) atoms. The molecule has 0 unspecified atom stereocenters. The number of para-hydroxylation sites is 3. The van der Waals surface area contributed by atoms with Crippen LogP contribution in [0.1, 0.15) is 47.2 Å². The van der Waals surface area contributed by atoms with Crippen molar-refractivity contribution < 1.29 is 8.83 Å². The Morgan fingerprint density at radius 3 is 1.50 bits per heavy atom. The van der Waals surface area contributed by atoms with Crippen molar-refractivity contribution in [2.45, 2.75) is 24.7 Å². The maximum absolute atomic E-state index is 7.05. The van der Waals surface area contributed by atoms with E-state index in [1.165, 1.54) is 55.6 Å². The normalized spacial score (nSPS) is 13.8. The van der Waals surface area contributed by atoms with Gasteiger partial charge in [0, 0.05) is 38.5 Å². The van der Waals surface area contributed by atoms with Crippen molar-refractivity contribution >= 4 is 78.0 Å². The van der Waals surface area contributed by atoms with Gasteiger partial charge in [-0.2, -0.15) is 0 Å². The summed E-state index contributed by atoms with van der Waals surface area (Å²) in [5, 5.41) is 4.29. The van der Waals surface area contributed by atoms with E-state index in [0.717, 1.165) is 78.0 Å². The molecule has 13 aromatic rings. The second-order valence-electron chi connectivity index (χ2n) is 20.3. The van der Waals surface area contributed by atoms with Gasteiger partial charge >= 0.3 is 0 Å². The third-order valence-corrected chi connectivity index (χ3v) is 16.1. The number of hydrogen-bond donors (Lipinski definition) is 0. The zero-order valence-corrected chi connectivity index (χ0v) is 41.0. The van der Waals surface area contributed by atoms with Crippen LogP contribution in [-0.2, 0) is 10.8 Å². The molecule has 0 atom stereocenters. The number of nitrogens with zero attached hydrogens (tertiary/aromatic N) is 2. The molecule has 4 heteroatoms. The minimum atomic E-state index is -0.683. The summed E-state index contributed by atoms with van der Waals surface area (Å²) in [5.41, 5.74) is 21.0. The molecule has 2 aliphatic rings. The maximum atomic E-state index is 7.05. The number of fused-ring (bicyclic) bond motifs is 12.